The molecule has 1 rings (SSSR count). The van der Waals surface area contributed by atoms with E-state index in [1.807, 2.05) is 19.2 Å². The molecule has 0 spiro atoms. The van der Waals surface area contributed by atoms with Gasteiger partial charge in [-0.2, -0.15) is 0 Å². The standard InChI is InChI=1S/C8H12N2/c1-6-3-4-10-7(2)8(6)5-9/h3-4H,5,9H2,1-2H3. The van der Waals surface area contributed by atoms with Crippen LogP contribution in [0.15, 0.2) is 12.3 Å². The molecule has 2 nitrogen and oxygen atoms in total. The molecule has 0 bridgehead atoms. The number of pyridine rings is 1. The van der Waals surface area contributed by atoms with Crippen molar-refractivity contribution >= 4 is 0 Å². The van der Waals surface area contributed by atoms with Gasteiger partial charge in [-0.1, -0.05) is 0 Å². The van der Waals surface area contributed by atoms with Gasteiger partial charge in [0.2, 0.25) is 0 Å². The van der Waals surface area contributed by atoms with Crippen LogP contribution in [0.25, 0.3) is 0 Å². The van der Waals surface area contributed by atoms with E-state index in [9.17, 15) is 0 Å². The van der Waals surface area contributed by atoms with Crippen LogP contribution in [0.1, 0.15) is 16.8 Å². The molecule has 0 aliphatic rings. The molecule has 0 atom stereocenters. The minimum Gasteiger partial charge on any atom is -0.326 e. The van der Waals surface area contributed by atoms with Gasteiger partial charge in [-0.3, -0.25) is 4.98 Å². The molecule has 0 saturated carbocycles. The molecular weight excluding hydrogens is 124 g/mol. The third-order valence-corrected chi connectivity index (χ3v) is 1.71. The molecule has 0 unspecified atom stereocenters. The van der Waals surface area contributed by atoms with Crippen molar-refractivity contribution in [1.29, 1.82) is 0 Å². The number of nitrogens with zero attached hydrogens (tertiary/aromatic N) is 1. The van der Waals surface area contributed by atoms with E-state index in [0.29, 0.717) is 6.54 Å². The van der Waals surface area contributed by atoms with E-state index in [1.165, 1.54) is 11.1 Å². The summed E-state index contributed by atoms with van der Waals surface area (Å²) in [7, 11) is 0. The van der Waals surface area contributed by atoms with Crippen molar-refractivity contribution in [2.24, 2.45) is 5.73 Å². The van der Waals surface area contributed by atoms with E-state index in [-0.39, 0.29) is 0 Å². The zero-order valence-corrected chi connectivity index (χ0v) is 6.39. The number of rotatable bonds is 1. The lowest BCUT2D eigenvalue weighted by molar-refractivity contribution is 0.987. The zero-order chi connectivity index (χ0) is 7.56. The average molecular weight is 136 g/mol. The van der Waals surface area contributed by atoms with Gasteiger partial charge >= 0.3 is 0 Å². The Kier molecular flexibility index (Phi) is 2.02. The predicted molar refractivity (Wildman–Crippen MR) is 41.6 cm³/mol. The van der Waals surface area contributed by atoms with Crippen LogP contribution in [0.3, 0.4) is 0 Å². The predicted octanol–water partition coefficient (Wildman–Crippen LogP) is 1.16. The van der Waals surface area contributed by atoms with Gasteiger partial charge in [0.15, 0.2) is 0 Å². The minimum absolute atomic E-state index is 0.589. The van der Waals surface area contributed by atoms with Crippen LogP contribution in [0, 0.1) is 13.8 Å². The van der Waals surface area contributed by atoms with Crippen LogP contribution in [0.4, 0.5) is 0 Å². The topological polar surface area (TPSA) is 38.9 Å². The molecule has 0 radical (unpaired) electrons. The molecule has 0 fully saturated rings. The summed E-state index contributed by atoms with van der Waals surface area (Å²) in [5.41, 5.74) is 8.96. The second kappa shape index (κ2) is 2.80. The van der Waals surface area contributed by atoms with Gasteiger partial charge in [0.05, 0.1) is 0 Å². The number of aryl methyl sites for hydroxylation is 2. The Labute approximate surface area is 61.1 Å². The van der Waals surface area contributed by atoms with Crippen LogP contribution in [0.5, 0.6) is 0 Å². The van der Waals surface area contributed by atoms with E-state index in [0.717, 1.165) is 5.69 Å². The van der Waals surface area contributed by atoms with E-state index >= 15 is 0 Å². The fraction of sp³-hybridized carbons (Fsp3) is 0.375. The maximum atomic E-state index is 5.51. The summed E-state index contributed by atoms with van der Waals surface area (Å²) >= 11 is 0. The average Bonchev–Trinajstić information content (AvgIpc) is 1.88. The summed E-state index contributed by atoms with van der Waals surface area (Å²) in [6.45, 7) is 4.62. The quantitative estimate of drug-likeness (QED) is 0.629. The summed E-state index contributed by atoms with van der Waals surface area (Å²) in [5.74, 6) is 0. The first kappa shape index (κ1) is 7.22. The second-order valence-electron chi connectivity index (χ2n) is 2.40. The molecule has 10 heavy (non-hydrogen) atoms. The minimum atomic E-state index is 0.589. The Morgan fingerprint density at radius 3 is 2.60 bits per heavy atom. The Balaban J connectivity index is 3.17. The fourth-order valence-electron chi connectivity index (χ4n) is 1.03. The summed E-state index contributed by atoms with van der Waals surface area (Å²) in [5, 5.41) is 0. The van der Waals surface area contributed by atoms with Crippen molar-refractivity contribution in [3.63, 3.8) is 0 Å². The van der Waals surface area contributed by atoms with Gasteiger partial charge in [0.1, 0.15) is 0 Å². The van der Waals surface area contributed by atoms with Gasteiger partial charge in [-0.25, -0.2) is 0 Å². The fourth-order valence-corrected chi connectivity index (χ4v) is 1.03. The third kappa shape index (κ3) is 1.16. The Morgan fingerprint density at radius 1 is 1.50 bits per heavy atom. The lowest BCUT2D eigenvalue weighted by atomic mass is 10.1. The summed E-state index contributed by atoms with van der Waals surface area (Å²) in [4.78, 5) is 4.13. The van der Waals surface area contributed by atoms with Crippen molar-refractivity contribution in [1.82, 2.24) is 4.98 Å². The first-order valence-electron chi connectivity index (χ1n) is 3.37. The number of hydrogen-bond donors (Lipinski definition) is 1. The van der Waals surface area contributed by atoms with E-state index in [1.54, 1.807) is 0 Å². The van der Waals surface area contributed by atoms with Crippen molar-refractivity contribution in [2.75, 3.05) is 0 Å². The highest BCUT2D eigenvalue weighted by atomic mass is 14.7. The molecule has 1 aromatic heterocycles. The second-order valence-corrected chi connectivity index (χ2v) is 2.40. The van der Waals surface area contributed by atoms with Crippen LogP contribution in [0.2, 0.25) is 0 Å². The lowest BCUT2D eigenvalue weighted by Crippen LogP contribution is -2.02. The highest BCUT2D eigenvalue weighted by Crippen LogP contribution is 2.08. The van der Waals surface area contributed by atoms with E-state index in [4.69, 9.17) is 5.73 Å². The molecule has 54 valence electrons. The molecule has 0 amide bonds. The van der Waals surface area contributed by atoms with Gasteiger partial charge in [0.25, 0.3) is 0 Å². The van der Waals surface area contributed by atoms with Crippen LogP contribution < -0.4 is 5.73 Å². The van der Waals surface area contributed by atoms with Crippen molar-refractivity contribution in [3.05, 3.63) is 29.1 Å². The van der Waals surface area contributed by atoms with Crippen molar-refractivity contribution in [2.45, 2.75) is 20.4 Å². The van der Waals surface area contributed by atoms with Crippen molar-refractivity contribution < 1.29 is 0 Å². The first-order valence-corrected chi connectivity index (χ1v) is 3.37. The van der Waals surface area contributed by atoms with Crippen molar-refractivity contribution in [3.8, 4) is 0 Å². The lowest BCUT2D eigenvalue weighted by Gasteiger charge is -2.03. The molecule has 2 heteroatoms. The van der Waals surface area contributed by atoms with Crippen LogP contribution in [-0.2, 0) is 6.54 Å². The molecule has 0 aliphatic heterocycles. The van der Waals surface area contributed by atoms with E-state index in [2.05, 4.69) is 11.9 Å². The zero-order valence-electron chi connectivity index (χ0n) is 6.39. The smallest absolute Gasteiger partial charge is 0.0420 e. The maximum Gasteiger partial charge on any atom is 0.0420 e. The molecule has 0 saturated heterocycles. The Morgan fingerprint density at radius 2 is 2.20 bits per heavy atom. The molecule has 1 heterocycles. The molecule has 1 aromatic rings. The van der Waals surface area contributed by atoms with Crippen LogP contribution >= 0.6 is 0 Å². The van der Waals surface area contributed by atoms with Gasteiger partial charge < -0.3 is 5.73 Å². The Hall–Kier alpha value is -0.890. The van der Waals surface area contributed by atoms with Gasteiger partial charge in [-0.05, 0) is 31.0 Å². The van der Waals surface area contributed by atoms with Gasteiger partial charge in [0, 0.05) is 18.4 Å². The summed E-state index contributed by atoms with van der Waals surface area (Å²) < 4.78 is 0. The highest BCUT2D eigenvalue weighted by molar-refractivity contribution is 5.27. The van der Waals surface area contributed by atoms with Gasteiger partial charge in [-0.15, -0.1) is 0 Å². The monoisotopic (exact) mass is 136 g/mol. The third-order valence-electron chi connectivity index (χ3n) is 1.71. The van der Waals surface area contributed by atoms with E-state index < -0.39 is 0 Å². The highest BCUT2D eigenvalue weighted by Gasteiger charge is 1.98. The number of nitrogens with two attached hydrogens (primary N) is 1. The molecule has 0 aromatic carbocycles. The normalized spacial score (nSPS) is 9.90. The number of aromatic nitrogens is 1. The molecular formula is C8H12N2. The largest absolute Gasteiger partial charge is 0.326 e. The Bertz CT molecular complexity index is 210. The maximum absolute atomic E-state index is 5.51. The van der Waals surface area contributed by atoms with Crippen LogP contribution in [-0.4, -0.2) is 4.98 Å². The molecule has 0 aliphatic carbocycles. The summed E-state index contributed by atoms with van der Waals surface area (Å²) in [6.07, 6.45) is 1.81. The SMILES string of the molecule is Cc1ccnc(C)c1CN. The number of hydrogen-bond acceptors (Lipinski definition) is 2. The summed E-state index contributed by atoms with van der Waals surface area (Å²) in [6, 6.07) is 1.98. The first-order chi connectivity index (χ1) is 4.75. The molecule has 2 N–H and O–H groups in total.